The molecule has 0 bridgehead atoms. The maximum absolute atomic E-state index is 5.74. The summed E-state index contributed by atoms with van der Waals surface area (Å²) in [7, 11) is 0. The molecule has 4 heteroatoms. The summed E-state index contributed by atoms with van der Waals surface area (Å²) in [5, 5.41) is 0. The van der Waals surface area contributed by atoms with Crippen LogP contribution in [0.15, 0.2) is 22.7 Å². The summed E-state index contributed by atoms with van der Waals surface area (Å²) in [6.45, 7) is 7.17. The molecular weight excluding hydrogens is 280 g/mol. The lowest BCUT2D eigenvalue weighted by Crippen LogP contribution is -2.44. The average Bonchev–Trinajstić information content (AvgIpc) is 2.21. The van der Waals surface area contributed by atoms with Crippen molar-refractivity contribution in [3.63, 3.8) is 0 Å². The van der Waals surface area contributed by atoms with Crippen molar-refractivity contribution in [3.8, 4) is 0 Å². The minimum atomic E-state index is 0.311. The van der Waals surface area contributed by atoms with Gasteiger partial charge in [-0.2, -0.15) is 0 Å². The van der Waals surface area contributed by atoms with Crippen LogP contribution in [0.25, 0.3) is 0 Å². The van der Waals surface area contributed by atoms with Gasteiger partial charge >= 0.3 is 0 Å². The van der Waals surface area contributed by atoms with E-state index in [-0.39, 0.29) is 0 Å². The van der Waals surface area contributed by atoms with Gasteiger partial charge in [0.1, 0.15) is 0 Å². The third kappa shape index (κ3) is 3.44. The molecule has 1 heterocycles. The zero-order chi connectivity index (χ0) is 12.4. The third-order valence-corrected chi connectivity index (χ3v) is 3.70. The molecule has 1 aromatic rings. The molecule has 0 spiro atoms. The van der Waals surface area contributed by atoms with Crippen LogP contribution in [0.4, 0.5) is 5.69 Å². The third-order valence-electron chi connectivity index (χ3n) is 2.97. The van der Waals surface area contributed by atoms with E-state index in [4.69, 9.17) is 10.5 Å². The summed E-state index contributed by atoms with van der Waals surface area (Å²) in [6, 6.07) is 6.00. The predicted molar refractivity (Wildman–Crippen MR) is 73.8 cm³/mol. The molecule has 2 N–H and O–H groups in total. The molecule has 94 valence electrons. The van der Waals surface area contributed by atoms with Crippen LogP contribution < -0.4 is 5.73 Å². The smallest absolute Gasteiger partial charge is 0.0678 e. The minimum absolute atomic E-state index is 0.311. The van der Waals surface area contributed by atoms with E-state index < -0.39 is 0 Å². The molecule has 2 atom stereocenters. The Kier molecular flexibility index (Phi) is 4.07. The monoisotopic (exact) mass is 298 g/mol. The van der Waals surface area contributed by atoms with Gasteiger partial charge in [-0.05, 0) is 31.5 Å². The second-order valence-corrected chi connectivity index (χ2v) is 5.66. The largest absolute Gasteiger partial charge is 0.399 e. The molecule has 0 radical (unpaired) electrons. The Morgan fingerprint density at radius 3 is 2.59 bits per heavy atom. The fourth-order valence-electron chi connectivity index (χ4n) is 2.35. The lowest BCUT2D eigenvalue weighted by Gasteiger charge is -2.35. The van der Waals surface area contributed by atoms with Crippen LogP contribution in [0.3, 0.4) is 0 Å². The van der Waals surface area contributed by atoms with E-state index >= 15 is 0 Å². The van der Waals surface area contributed by atoms with Gasteiger partial charge in [0.05, 0.1) is 12.2 Å². The van der Waals surface area contributed by atoms with E-state index in [1.807, 2.05) is 12.1 Å². The number of ether oxygens (including phenoxy) is 1. The van der Waals surface area contributed by atoms with Gasteiger partial charge in [0, 0.05) is 29.8 Å². The highest BCUT2D eigenvalue weighted by atomic mass is 79.9. The van der Waals surface area contributed by atoms with Crippen LogP contribution in [0.5, 0.6) is 0 Å². The lowest BCUT2D eigenvalue weighted by atomic mass is 10.1. The molecule has 1 saturated heterocycles. The fourth-order valence-corrected chi connectivity index (χ4v) is 2.87. The highest BCUT2D eigenvalue weighted by Crippen LogP contribution is 2.22. The SMILES string of the molecule is CC1CN(Cc2ccc(N)cc2Br)CC(C)O1. The van der Waals surface area contributed by atoms with Crippen LogP contribution in [0.2, 0.25) is 0 Å². The van der Waals surface area contributed by atoms with Crippen molar-refractivity contribution >= 4 is 21.6 Å². The molecule has 17 heavy (non-hydrogen) atoms. The Morgan fingerprint density at radius 2 is 2.00 bits per heavy atom. The molecule has 2 rings (SSSR count). The summed E-state index contributed by atoms with van der Waals surface area (Å²) in [5.74, 6) is 0. The summed E-state index contributed by atoms with van der Waals surface area (Å²) < 4.78 is 6.82. The van der Waals surface area contributed by atoms with Gasteiger partial charge in [-0.1, -0.05) is 22.0 Å². The number of nitrogen functional groups attached to an aromatic ring is 1. The van der Waals surface area contributed by atoms with Crippen molar-refractivity contribution in [2.24, 2.45) is 0 Å². The minimum Gasteiger partial charge on any atom is -0.399 e. The van der Waals surface area contributed by atoms with Crippen molar-refractivity contribution in [3.05, 3.63) is 28.2 Å². The van der Waals surface area contributed by atoms with Gasteiger partial charge in [-0.3, -0.25) is 4.90 Å². The highest BCUT2D eigenvalue weighted by molar-refractivity contribution is 9.10. The van der Waals surface area contributed by atoms with E-state index in [1.54, 1.807) is 0 Å². The first-order chi connectivity index (χ1) is 8.04. The Labute approximate surface area is 111 Å². The lowest BCUT2D eigenvalue weighted by molar-refractivity contribution is -0.0705. The first kappa shape index (κ1) is 12.9. The van der Waals surface area contributed by atoms with Gasteiger partial charge < -0.3 is 10.5 Å². The second-order valence-electron chi connectivity index (χ2n) is 4.80. The number of anilines is 1. The second kappa shape index (κ2) is 5.38. The molecule has 0 amide bonds. The molecule has 0 saturated carbocycles. The molecule has 0 aliphatic carbocycles. The van der Waals surface area contributed by atoms with Crippen LogP contribution in [-0.2, 0) is 11.3 Å². The molecule has 1 aromatic carbocycles. The van der Waals surface area contributed by atoms with Crippen LogP contribution in [0, 0.1) is 0 Å². The van der Waals surface area contributed by atoms with Crippen LogP contribution in [-0.4, -0.2) is 30.2 Å². The van der Waals surface area contributed by atoms with E-state index in [0.29, 0.717) is 12.2 Å². The summed E-state index contributed by atoms with van der Waals surface area (Å²) >= 11 is 3.57. The predicted octanol–water partition coefficient (Wildman–Crippen LogP) is 2.64. The molecule has 3 nitrogen and oxygen atoms in total. The number of morpholine rings is 1. The maximum atomic E-state index is 5.74. The highest BCUT2D eigenvalue weighted by Gasteiger charge is 2.22. The normalized spacial score (nSPS) is 26.1. The van der Waals surface area contributed by atoms with Crippen molar-refractivity contribution in [1.82, 2.24) is 4.90 Å². The number of halogens is 1. The zero-order valence-electron chi connectivity index (χ0n) is 10.3. The Morgan fingerprint density at radius 1 is 1.35 bits per heavy atom. The molecule has 2 unspecified atom stereocenters. The zero-order valence-corrected chi connectivity index (χ0v) is 11.9. The summed E-state index contributed by atoms with van der Waals surface area (Å²) in [4.78, 5) is 2.43. The first-order valence-electron chi connectivity index (χ1n) is 5.96. The van der Waals surface area contributed by atoms with Crippen LogP contribution >= 0.6 is 15.9 Å². The number of hydrogen-bond acceptors (Lipinski definition) is 3. The van der Waals surface area contributed by atoms with E-state index in [2.05, 4.69) is 40.7 Å². The van der Waals surface area contributed by atoms with E-state index in [9.17, 15) is 0 Å². The Hall–Kier alpha value is -0.580. The Balaban J connectivity index is 2.04. The van der Waals surface area contributed by atoms with Gasteiger partial charge in [0.15, 0.2) is 0 Å². The average molecular weight is 299 g/mol. The molecule has 1 aliphatic rings. The number of nitrogens with zero attached hydrogens (tertiary/aromatic N) is 1. The number of nitrogens with two attached hydrogens (primary N) is 1. The first-order valence-corrected chi connectivity index (χ1v) is 6.75. The number of rotatable bonds is 2. The Bertz CT molecular complexity index is 387. The standard InChI is InChI=1S/C13H19BrN2O/c1-9-6-16(7-10(2)17-9)8-11-3-4-12(15)5-13(11)14/h3-5,9-10H,6-8,15H2,1-2H3. The fraction of sp³-hybridized carbons (Fsp3) is 0.538. The summed E-state index contributed by atoms with van der Waals surface area (Å²) in [6.07, 6.45) is 0.623. The maximum Gasteiger partial charge on any atom is 0.0678 e. The van der Waals surface area contributed by atoms with Crippen molar-refractivity contribution in [1.29, 1.82) is 0 Å². The van der Waals surface area contributed by atoms with Crippen molar-refractivity contribution < 1.29 is 4.74 Å². The quantitative estimate of drug-likeness (QED) is 0.853. The van der Waals surface area contributed by atoms with Crippen molar-refractivity contribution in [2.75, 3.05) is 18.8 Å². The molecule has 0 aromatic heterocycles. The molecule has 1 fully saturated rings. The van der Waals surface area contributed by atoms with Crippen LogP contribution in [0.1, 0.15) is 19.4 Å². The number of benzene rings is 1. The van der Waals surface area contributed by atoms with Gasteiger partial charge in [-0.15, -0.1) is 0 Å². The molecular formula is C13H19BrN2O. The van der Waals surface area contributed by atoms with Gasteiger partial charge in [0.25, 0.3) is 0 Å². The number of hydrogen-bond donors (Lipinski definition) is 1. The summed E-state index contributed by atoms with van der Waals surface area (Å²) in [5.41, 5.74) is 7.82. The van der Waals surface area contributed by atoms with Crippen molar-refractivity contribution in [2.45, 2.75) is 32.6 Å². The van der Waals surface area contributed by atoms with Gasteiger partial charge in [0.2, 0.25) is 0 Å². The molecule has 1 aliphatic heterocycles. The topological polar surface area (TPSA) is 38.5 Å². The van der Waals surface area contributed by atoms with E-state index in [0.717, 1.165) is 29.8 Å². The van der Waals surface area contributed by atoms with Gasteiger partial charge in [-0.25, -0.2) is 0 Å². The van der Waals surface area contributed by atoms with E-state index in [1.165, 1.54) is 5.56 Å².